The van der Waals surface area contributed by atoms with Crippen LogP contribution in [0.5, 0.6) is 0 Å². The van der Waals surface area contributed by atoms with Gasteiger partial charge in [-0.1, -0.05) is 146 Å². The third-order valence-electron chi connectivity index (χ3n) is 8.76. The maximum Gasteiger partial charge on any atom is 0.164 e. The molecule has 4 nitrogen and oxygen atoms in total. The average molecular weight is 602 g/mol. The van der Waals surface area contributed by atoms with Gasteiger partial charge >= 0.3 is 0 Å². The van der Waals surface area contributed by atoms with Crippen LogP contribution in [0.2, 0.25) is 0 Å². The van der Waals surface area contributed by atoms with Crippen LogP contribution in [0.4, 0.5) is 0 Å². The zero-order valence-corrected chi connectivity index (χ0v) is 25.3. The number of benzene rings is 7. The topological polar surface area (TPSA) is 51.8 Å². The summed E-state index contributed by atoms with van der Waals surface area (Å²) in [5.74, 6) is 1.83. The van der Waals surface area contributed by atoms with Crippen LogP contribution in [0.3, 0.4) is 0 Å². The highest BCUT2D eigenvalue weighted by Gasteiger charge is 2.19. The van der Waals surface area contributed by atoms with E-state index in [1.807, 2.05) is 42.5 Å². The molecule has 7 aromatic carbocycles. The second-order valence-electron chi connectivity index (χ2n) is 11.6. The second-order valence-corrected chi connectivity index (χ2v) is 11.6. The number of aromatic nitrogens is 3. The third-order valence-corrected chi connectivity index (χ3v) is 8.76. The molecule has 0 amide bonds. The van der Waals surface area contributed by atoms with Crippen LogP contribution in [-0.4, -0.2) is 15.0 Å². The molecule has 0 radical (unpaired) electrons. The van der Waals surface area contributed by atoms with Gasteiger partial charge in [0.1, 0.15) is 11.2 Å². The molecule has 9 rings (SSSR count). The Morgan fingerprint density at radius 3 is 1.79 bits per heavy atom. The minimum atomic E-state index is 0.601. The Labute approximate surface area is 271 Å². The van der Waals surface area contributed by atoms with E-state index >= 15 is 0 Å². The molecule has 0 bridgehead atoms. The van der Waals surface area contributed by atoms with Crippen molar-refractivity contribution in [1.82, 2.24) is 15.0 Å². The summed E-state index contributed by atoms with van der Waals surface area (Å²) in [5, 5.41) is 4.48. The molecular weight excluding hydrogens is 574 g/mol. The molecule has 0 aliphatic heterocycles. The number of hydrogen-bond donors (Lipinski definition) is 0. The summed E-state index contributed by atoms with van der Waals surface area (Å²) in [4.78, 5) is 15.4. The molecule has 0 saturated carbocycles. The van der Waals surface area contributed by atoms with E-state index < -0.39 is 0 Å². The summed E-state index contributed by atoms with van der Waals surface area (Å²) in [5.41, 5.74) is 8.88. The molecule has 0 spiro atoms. The van der Waals surface area contributed by atoms with Crippen molar-refractivity contribution in [3.05, 3.63) is 164 Å². The Kier molecular flexibility index (Phi) is 6.43. The fourth-order valence-corrected chi connectivity index (χ4v) is 6.44. The van der Waals surface area contributed by atoms with E-state index in [9.17, 15) is 0 Å². The normalized spacial score (nSPS) is 11.4. The highest BCUT2D eigenvalue weighted by atomic mass is 16.3. The SMILES string of the molecule is c1ccc(-c2ccccc2-c2nc(-c3ccc(-c4ccc5ccccc5c4)cc3)nc(-c3cccc4oc5ccccc5c34)n2)cc1. The van der Waals surface area contributed by atoms with Crippen molar-refractivity contribution in [2.45, 2.75) is 0 Å². The van der Waals surface area contributed by atoms with Crippen molar-refractivity contribution in [2.75, 3.05) is 0 Å². The lowest BCUT2D eigenvalue weighted by atomic mass is 9.99. The molecule has 0 saturated heterocycles. The number of nitrogens with zero attached hydrogens (tertiary/aromatic N) is 3. The van der Waals surface area contributed by atoms with Gasteiger partial charge in [-0.15, -0.1) is 0 Å². The maximum absolute atomic E-state index is 6.23. The zero-order valence-electron chi connectivity index (χ0n) is 25.3. The molecule has 47 heavy (non-hydrogen) atoms. The van der Waals surface area contributed by atoms with Crippen molar-refractivity contribution >= 4 is 32.7 Å². The number of fused-ring (bicyclic) bond motifs is 4. The summed E-state index contributed by atoms with van der Waals surface area (Å²) in [7, 11) is 0. The van der Waals surface area contributed by atoms with E-state index in [-0.39, 0.29) is 0 Å². The van der Waals surface area contributed by atoms with E-state index in [1.54, 1.807) is 0 Å². The molecule has 0 atom stereocenters. The van der Waals surface area contributed by atoms with Gasteiger partial charge in [0.05, 0.1) is 0 Å². The molecule has 2 heterocycles. The van der Waals surface area contributed by atoms with Gasteiger partial charge in [-0.05, 0) is 51.2 Å². The van der Waals surface area contributed by atoms with E-state index in [0.29, 0.717) is 17.5 Å². The summed E-state index contributed by atoms with van der Waals surface area (Å²) < 4.78 is 6.23. The minimum absolute atomic E-state index is 0.601. The van der Waals surface area contributed by atoms with Crippen molar-refractivity contribution in [3.8, 4) is 56.4 Å². The lowest BCUT2D eigenvalue weighted by Crippen LogP contribution is -2.01. The fraction of sp³-hybridized carbons (Fsp3) is 0. The highest BCUT2D eigenvalue weighted by Crippen LogP contribution is 2.38. The lowest BCUT2D eigenvalue weighted by Gasteiger charge is -2.12. The largest absolute Gasteiger partial charge is 0.456 e. The Morgan fingerprint density at radius 1 is 0.340 bits per heavy atom. The third kappa shape index (κ3) is 4.84. The summed E-state index contributed by atoms with van der Waals surface area (Å²) >= 11 is 0. The number of rotatable bonds is 5. The van der Waals surface area contributed by atoms with E-state index in [2.05, 4.69) is 121 Å². The van der Waals surface area contributed by atoms with Crippen molar-refractivity contribution in [2.24, 2.45) is 0 Å². The van der Waals surface area contributed by atoms with Crippen molar-refractivity contribution in [3.63, 3.8) is 0 Å². The summed E-state index contributed by atoms with van der Waals surface area (Å²) in [6, 6.07) is 56.4. The minimum Gasteiger partial charge on any atom is -0.456 e. The summed E-state index contributed by atoms with van der Waals surface area (Å²) in [6.45, 7) is 0. The monoisotopic (exact) mass is 601 g/mol. The zero-order chi connectivity index (χ0) is 31.2. The Morgan fingerprint density at radius 2 is 0.936 bits per heavy atom. The van der Waals surface area contributed by atoms with Crippen molar-refractivity contribution < 1.29 is 4.42 Å². The van der Waals surface area contributed by atoms with Crippen LogP contribution >= 0.6 is 0 Å². The van der Waals surface area contributed by atoms with Crippen LogP contribution in [0.15, 0.2) is 168 Å². The predicted molar refractivity (Wildman–Crippen MR) is 192 cm³/mol. The van der Waals surface area contributed by atoms with E-state index in [4.69, 9.17) is 19.4 Å². The van der Waals surface area contributed by atoms with Gasteiger partial charge in [0.2, 0.25) is 0 Å². The smallest absolute Gasteiger partial charge is 0.164 e. The molecule has 0 N–H and O–H groups in total. The van der Waals surface area contributed by atoms with Crippen molar-refractivity contribution in [1.29, 1.82) is 0 Å². The first-order valence-electron chi connectivity index (χ1n) is 15.7. The van der Waals surface area contributed by atoms with Crippen LogP contribution < -0.4 is 0 Å². The molecule has 9 aromatic rings. The average Bonchev–Trinajstić information content (AvgIpc) is 3.54. The Balaban J connectivity index is 1.23. The first-order valence-corrected chi connectivity index (χ1v) is 15.7. The van der Waals surface area contributed by atoms with Crippen LogP contribution in [-0.2, 0) is 0 Å². The second kappa shape index (κ2) is 11.2. The molecule has 0 fully saturated rings. The Hall–Kier alpha value is -6.39. The molecule has 0 unspecified atom stereocenters. The predicted octanol–water partition coefficient (Wildman–Crippen LogP) is 11.3. The quantitative estimate of drug-likeness (QED) is 0.197. The Bertz CT molecular complexity index is 2570. The number of hydrogen-bond acceptors (Lipinski definition) is 4. The molecule has 220 valence electrons. The van der Waals surface area contributed by atoms with Crippen LogP contribution in [0.25, 0.3) is 89.1 Å². The van der Waals surface area contributed by atoms with Gasteiger partial charge < -0.3 is 4.42 Å². The molecule has 4 heteroatoms. The van der Waals surface area contributed by atoms with Gasteiger partial charge in [0, 0.05) is 27.5 Å². The maximum atomic E-state index is 6.23. The standard InChI is InChI=1S/C43H27N3O/c1-2-12-30(13-3-1)34-15-6-7-16-35(34)42-44-41(31-24-21-29(22-25-31)33-26-23-28-11-4-5-14-32(28)27-33)45-43(46-42)37-18-10-20-39-40(37)36-17-8-9-19-38(36)47-39/h1-27H. The first kappa shape index (κ1) is 27.0. The number of para-hydroxylation sites is 1. The van der Waals surface area contributed by atoms with Gasteiger partial charge in [0.15, 0.2) is 17.5 Å². The van der Waals surface area contributed by atoms with Gasteiger partial charge in [0.25, 0.3) is 0 Å². The highest BCUT2D eigenvalue weighted by molar-refractivity contribution is 6.11. The van der Waals surface area contributed by atoms with Gasteiger partial charge in [-0.2, -0.15) is 0 Å². The molecule has 0 aliphatic carbocycles. The molecular formula is C43H27N3O. The van der Waals surface area contributed by atoms with E-state index in [1.165, 1.54) is 16.3 Å². The van der Waals surface area contributed by atoms with Gasteiger partial charge in [-0.3, -0.25) is 0 Å². The summed E-state index contributed by atoms with van der Waals surface area (Å²) in [6.07, 6.45) is 0. The lowest BCUT2D eigenvalue weighted by molar-refractivity contribution is 0.669. The fourth-order valence-electron chi connectivity index (χ4n) is 6.44. The molecule has 0 aliphatic rings. The van der Waals surface area contributed by atoms with Gasteiger partial charge in [-0.25, -0.2) is 15.0 Å². The number of furan rings is 1. The van der Waals surface area contributed by atoms with Crippen LogP contribution in [0.1, 0.15) is 0 Å². The van der Waals surface area contributed by atoms with Crippen LogP contribution in [0, 0.1) is 0 Å². The first-order chi connectivity index (χ1) is 23.3. The molecule has 2 aromatic heterocycles. The van der Waals surface area contributed by atoms with E-state index in [0.717, 1.165) is 55.3 Å².